The normalized spacial score (nSPS) is 23.4. The van der Waals surface area contributed by atoms with Crippen LogP contribution in [0, 0.1) is 5.82 Å². The van der Waals surface area contributed by atoms with Gasteiger partial charge in [0, 0.05) is 24.9 Å². The summed E-state index contributed by atoms with van der Waals surface area (Å²) in [5.41, 5.74) is 1.27. The largest absolute Gasteiger partial charge is 0.328 e. The molecular formula is C13H12FNO2. The van der Waals surface area contributed by atoms with Crippen LogP contribution >= 0.6 is 0 Å². The predicted octanol–water partition coefficient (Wildman–Crippen LogP) is 1.61. The van der Waals surface area contributed by atoms with Gasteiger partial charge in [0.25, 0.3) is 0 Å². The molecule has 1 atom stereocenters. The molecule has 0 N–H and O–H groups in total. The van der Waals surface area contributed by atoms with E-state index in [1.807, 2.05) is 6.07 Å². The van der Waals surface area contributed by atoms with Gasteiger partial charge in [-0.1, -0.05) is 12.1 Å². The summed E-state index contributed by atoms with van der Waals surface area (Å²) < 4.78 is 13.9. The highest BCUT2D eigenvalue weighted by atomic mass is 19.1. The van der Waals surface area contributed by atoms with Crippen LogP contribution in [0.4, 0.5) is 4.39 Å². The third-order valence-electron chi connectivity index (χ3n) is 3.56. The molecule has 1 unspecified atom stereocenters. The summed E-state index contributed by atoms with van der Waals surface area (Å²) in [4.78, 5) is 25.2. The molecule has 0 radical (unpaired) electrons. The summed E-state index contributed by atoms with van der Waals surface area (Å²) in [6.07, 6.45) is 1.12. The molecule has 3 nitrogen and oxygen atoms in total. The molecule has 1 aromatic rings. The van der Waals surface area contributed by atoms with Gasteiger partial charge in [-0.2, -0.15) is 0 Å². The number of rotatable bonds is 0. The number of piperidine rings is 1. The molecule has 0 aromatic heterocycles. The molecule has 1 aromatic carbocycles. The van der Waals surface area contributed by atoms with Gasteiger partial charge < -0.3 is 4.90 Å². The molecule has 2 aliphatic heterocycles. The minimum atomic E-state index is -0.679. The Morgan fingerprint density at radius 3 is 2.82 bits per heavy atom. The van der Waals surface area contributed by atoms with Crippen LogP contribution in [0.25, 0.3) is 0 Å². The fourth-order valence-electron chi connectivity index (χ4n) is 2.75. The number of Topliss-reactive ketones (excluding diaryl/α,β-unsaturated/α-hetero) is 1. The minimum Gasteiger partial charge on any atom is -0.328 e. The lowest BCUT2D eigenvalue weighted by Gasteiger charge is -2.39. The van der Waals surface area contributed by atoms with Gasteiger partial charge in [0.2, 0.25) is 5.91 Å². The summed E-state index contributed by atoms with van der Waals surface area (Å²) in [5.74, 6) is -0.459. The van der Waals surface area contributed by atoms with Crippen LogP contribution in [-0.2, 0) is 16.0 Å². The summed E-state index contributed by atoms with van der Waals surface area (Å²) in [7, 11) is 0. The topological polar surface area (TPSA) is 37.4 Å². The second-order valence-corrected chi connectivity index (χ2v) is 4.52. The molecule has 88 valence electrons. The monoisotopic (exact) mass is 233 g/mol. The molecule has 3 rings (SSSR count). The zero-order valence-electron chi connectivity index (χ0n) is 9.28. The first-order chi connectivity index (χ1) is 8.18. The number of hydrogen-bond donors (Lipinski definition) is 0. The Morgan fingerprint density at radius 1 is 1.18 bits per heavy atom. The Kier molecular flexibility index (Phi) is 2.24. The molecule has 1 saturated heterocycles. The molecule has 0 saturated carbocycles. The Hall–Kier alpha value is -1.71. The summed E-state index contributed by atoms with van der Waals surface area (Å²) in [6, 6.07) is 4.16. The first-order valence-corrected chi connectivity index (χ1v) is 5.78. The van der Waals surface area contributed by atoms with Crippen molar-refractivity contribution in [1.82, 2.24) is 4.90 Å². The fourth-order valence-corrected chi connectivity index (χ4v) is 2.75. The van der Waals surface area contributed by atoms with Crippen LogP contribution in [0.2, 0.25) is 0 Å². The number of fused-ring (bicyclic) bond motifs is 3. The van der Waals surface area contributed by atoms with E-state index in [4.69, 9.17) is 0 Å². The van der Waals surface area contributed by atoms with Gasteiger partial charge in [-0.15, -0.1) is 0 Å². The maximum absolute atomic E-state index is 13.9. The Morgan fingerprint density at radius 2 is 2.00 bits per heavy atom. The Balaban J connectivity index is 2.15. The molecule has 1 amide bonds. The lowest BCUT2D eigenvalue weighted by molar-refractivity contribution is -0.146. The van der Waals surface area contributed by atoms with E-state index in [0.29, 0.717) is 18.5 Å². The van der Waals surface area contributed by atoms with Gasteiger partial charge in [-0.25, -0.2) is 4.39 Å². The highest BCUT2D eigenvalue weighted by Crippen LogP contribution is 2.36. The maximum Gasteiger partial charge on any atom is 0.223 e. The van der Waals surface area contributed by atoms with E-state index in [1.54, 1.807) is 6.07 Å². The summed E-state index contributed by atoms with van der Waals surface area (Å²) >= 11 is 0. The van der Waals surface area contributed by atoms with E-state index in [0.717, 1.165) is 5.56 Å². The van der Waals surface area contributed by atoms with E-state index in [9.17, 15) is 14.0 Å². The standard InChI is InChI=1S/C13H12FNO2/c14-9-3-1-2-8-6-7-15-11(17)5-4-10(16)13(15)12(8)9/h1-3,13H,4-7H2. The number of amides is 1. The minimum absolute atomic E-state index is 0.0384. The fraction of sp³-hybridized carbons (Fsp3) is 0.385. The molecule has 0 spiro atoms. The average molecular weight is 233 g/mol. The third kappa shape index (κ3) is 1.47. The third-order valence-corrected chi connectivity index (χ3v) is 3.56. The molecule has 17 heavy (non-hydrogen) atoms. The number of hydrogen-bond acceptors (Lipinski definition) is 2. The van der Waals surface area contributed by atoms with Crippen molar-refractivity contribution in [3.63, 3.8) is 0 Å². The van der Waals surface area contributed by atoms with Crippen molar-refractivity contribution in [2.75, 3.05) is 6.54 Å². The van der Waals surface area contributed by atoms with Crippen LogP contribution in [0.1, 0.15) is 30.0 Å². The van der Waals surface area contributed by atoms with E-state index in [-0.39, 0.29) is 30.3 Å². The van der Waals surface area contributed by atoms with Crippen molar-refractivity contribution in [3.05, 3.63) is 35.1 Å². The number of carbonyl (C=O) groups is 2. The molecule has 2 heterocycles. The summed E-state index contributed by atoms with van der Waals surface area (Å²) in [5, 5.41) is 0. The zero-order chi connectivity index (χ0) is 12.0. The highest BCUT2D eigenvalue weighted by Gasteiger charge is 2.40. The number of carbonyl (C=O) groups excluding carboxylic acids is 2. The van der Waals surface area contributed by atoms with Gasteiger partial charge in [0.1, 0.15) is 11.9 Å². The van der Waals surface area contributed by atoms with Gasteiger partial charge in [-0.05, 0) is 18.1 Å². The summed E-state index contributed by atoms with van der Waals surface area (Å²) in [6.45, 7) is 0.520. The zero-order valence-corrected chi connectivity index (χ0v) is 9.28. The number of halogens is 1. The Labute approximate surface area is 98.2 Å². The van der Waals surface area contributed by atoms with Crippen LogP contribution in [-0.4, -0.2) is 23.1 Å². The van der Waals surface area contributed by atoms with Crippen molar-refractivity contribution in [2.45, 2.75) is 25.3 Å². The van der Waals surface area contributed by atoms with Gasteiger partial charge >= 0.3 is 0 Å². The maximum atomic E-state index is 13.9. The highest BCUT2D eigenvalue weighted by molar-refractivity contribution is 5.96. The van der Waals surface area contributed by atoms with Crippen LogP contribution in [0.15, 0.2) is 18.2 Å². The van der Waals surface area contributed by atoms with Crippen LogP contribution in [0.3, 0.4) is 0 Å². The van der Waals surface area contributed by atoms with E-state index in [2.05, 4.69) is 0 Å². The van der Waals surface area contributed by atoms with Gasteiger partial charge in [0.05, 0.1) is 0 Å². The molecule has 2 aliphatic rings. The molecule has 4 heteroatoms. The number of benzene rings is 1. The van der Waals surface area contributed by atoms with Crippen LogP contribution in [0.5, 0.6) is 0 Å². The van der Waals surface area contributed by atoms with E-state index < -0.39 is 6.04 Å². The van der Waals surface area contributed by atoms with Crippen molar-refractivity contribution in [1.29, 1.82) is 0 Å². The van der Waals surface area contributed by atoms with Gasteiger partial charge in [-0.3, -0.25) is 9.59 Å². The molecular weight excluding hydrogens is 221 g/mol. The number of nitrogens with zero attached hydrogens (tertiary/aromatic N) is 1. The second-order valence-electron chi connectivity index (χ2n) is 4.52. The van der Waals surface area contributed by atoms with Crippen molar-refractivity contribution in [2.24, 2.45) is 0 Å². The first-order valence-electron chi connectivity index (χ1n) is 5.78. The Bertz CT molecular complexity index is 512. The van der Waals surface area contributed by atoms with Crippen molar-refractivity contribution >= 4 is 11.7 Å². The van der Waals surface area contributed by atoms with E-state index >= 15 is 0 Å². The second kappa shape index (κ2) is 3.65. The molecule has 0 aliphatic carbocycles. The molecule has 1 fully saturated rings. The lowest BCUT2D eigenvalue weighted by Crippen LogP contribution is -2.47. The van der Waals surface area contributed by atoms with Crippen molar-refractivity contribution in [3.8, 4) is 0 Å². The quantitative estimate of drug-likeness (QED) is 0.682. The smallest absolute Gasteiger partial charge is 0.223 e. The average Bonchev–Trinajstić information content (AvgIpc) is 2.33. The van der Waals surface area contributed by atoms with Crippen LogP contribution < -0.4 is 0 Å². The van der Waals surface area contributed by atoms with E-state index in [1.165, 1.54) is 11.0 Å². The number of ketones is 1. The SMILES string of the molecule is O=C1CCC(=O)N2CCc3cccc(F)c3C12. The van der Waals surface area contributed by atoms with Crippen molar-refractivity contribution < 1.29 is 14.0 Å². The molecule has 0 bridgehead atoms. The lowest BCUT2D eigenvalue weighted by atomic mass is 9.85. The predicted molar refractivity (Wildman–Crippen MR) is 58.8 cm³/mol. The van der Waals surface area contributed by atoms with Gasteiger partial charge in [0.15, 0.2) is 5.78 Å². The first kappa shape index (κ1) is 10.4.